The highest BCUT2D eigenvalue weighted by Crippen LogP contribution is 2.44. The van der Waals surface area contributed by atoms with Crippen LogP contribution in [-0.2, 0) is 14.3 Å². The Labute approximate surface area is 200 Å². The first kappa shape index (κ1) is 26.1. The summed E-state index contributed by atoms with van der Waals surface area (Å²) in [6.07, 6.45) is -4.64. The molecule has 35 heavy (non-hydrogen) atoms. The van der Waals surface area contributed by atoms with E-state index in [0.29, 0.717) is 12.8 Å². The summed E-state index contributed by atoms with van der Waals surface area (Å²) in [5.41, 5.74) is 4.03. The van der Waals surface area contributed by atoms with Gasteiger partial charge in [-0.2, -0.15) is 13.2 Å². The summed E-state index contributed by atoms with van der Waals surface area (Å²) in [6.45, 7) is -1.07. The Hall–Kier alpha value is -3.56. The molecule has 0 aliphatic heterocycles. The third-order valence-electron chi connectivity index (χ3n) is 5.79. The number of nitrogens with one attached hydrogen (secondary N) is 1. The number of amides is 2. The van der Waals surface area contributed by atoms with Gasteiger partial charge in [-0.1, -0.05) is 68.3 Å². The van der Waals surface area contributed by atoms with E-state index in [1.165, 1.54) is 0 Å². The maximum absolute atomic E-state index is 12.9. The molecule has 10 heteroatoms. The van der Waals surface area contributed by atoms with Crippen molar-refractivity contribution in [2.75, 3.05) is 19.7 Å². The highest BCUT2D eigenvalue weighted by Gasteiger charge is 2.37. The number of unbranched alkanes of at least 4 members (excludes halogenated alkanes) is 1. The standard InChI is InChI=1S/C25H27F3N2O5/c1-2-3-12-21(23(33)30(13-22(31)32)15-25(26,27)28)29-24(34)35-14-20-18-10-6-4-8-16(18)17-9-5-7-11-19(17)20/h4-11,20-21H,2-3,12-15H2,1H3,(H,29,34)(H,31,32)/t21-/m0/s1. The van der Waals surface area contributed by atoms with Gasteiger partial charge >= 0.3 is 18.2 Å². The molecule has 0 saturated heterocycles. The Kier molecular flexibility index (Phi) is 8.37. The van der Waals surface area contributed by atoms with E-state index < -0.39 is 43.3 Å². The number of ether oxygens (including phenoxy) is 1. The summed E-state index contributed by atoms with van der Waals surface area (Å²) < 4.78 is 44.2. The van der Waals surface area contributed by atoms with Gasteiger partial charge in [0.1, 0.15) is 25.7 Å². The van der Waals surface area contributed by atoms with Crippen LogP contribution >= 0.6 is 0 Å². The lowest BCUT2D eigenvalue weighted by Gasteiger charge is -2.27. The van der Waals surface area contributed by atoms with Crippen LogP contribution in [0.1, 0.15) is 43.2 Å². The van der Waals surface area contributed by atoms with Gasteiger partial charge in [-0.3, -0.25) is 9.59 Å². The zero-order valence-corrected chi connectivity index (χ0v) is 19.2. The van der Waals surface area contributed by atoms with Crippen molar-refractivity contribution in [3.8, 4) is 11.1 Å². The van der Waals surface area contributed by atoms with Gasteiger partial charge in [0.25, 0.3) is 0 Å². The molecule has 0 radical (unpaired) electrons. The minimum atomic E-state index is -4.79. The van der Waals surface area contributed by atoms with Crippen molar-refractivity contribution in [3.05, 3.63) is 59.7 Å². The number of carbonyl (C=O) groups is 3. The van der Waals surface area contributed by atoms with E-state index in [4.69, 9.17) is 9.84 Å². The lowest BCUT2D eigenvalue weighted by atomic mass is 9.98. The monoisotopic (exact) mass is 492 g/mol. The van der Waals surface area contributed by atoms with E-state index in [-0.39, 0.29) is 23.8 Å². The molecule has 1 aliphatic rings. The Morgan fingerprint density at radius 1 is 1.06 bits per heavy atom. The number of carboxylic acid groups (broad SMARTS) is 1. The van der Waals surface area contributed by atoms with Crippen molar-refractivity contribution in [2.45, 2.75) is 44.3 Å². The van der Waals surface area contributed by atoms with Gasteiger partial charge in [0.15, 0.2) is 0 Å². The summed E-state index contributed by atoms with van der Waals surface area (Å²) in [6, 6.07) is 14.1. The van der Waals surface area contributed by atoms with Crippen molar-refractivity contribution >= 4 is 18.0 Å². The fraction of sp³-hybridized carbons (Fsp3) is 0.400. The Bertz CT molecular complexity index is 1030. The normalized spacial score (nSPS) is 13.5. The third kappa shape index (κ3) is 6.74. The minimum Gasteiger partial charge on any atom is -0.480 e. The molecular weight excluding hydrogens is 465 g/mol. The van der Waals surface area contributed by atoms with Crippen LogP contribution in [0.2, 0.25) is 0 Å². The lowest BCUT2D eigenvalue weighted by molar-refractivity contribution is -0.166. The molecule has 2 aromatic rings. The SMILES string of the molecule is CCCC[C@H](NC(=O)OCC1c2ccccc2-c2ccccc21)C(=O)N(CC(=O)O)CC(F)(F)F. The summed E-state index contributed by atoms with van der Waals surface area (Å²) in [5.74, 6) is -2.93. The Morgan fingerprint density at radius 2 is 1.63 bits per heavy atom. The second-order valence-electron chi connectivity index (χ2n) is 8.37. The maximum atomic E-state index is 12.9. The molecule has 3 rings (SSSR count). The molecule has 0 fully saturated rings. The van der Waals surface area contributed by atoms with Crippen LogP contribution < -0.4 is 5.32 Å². The molecule has 0 heterocycles. The first-order valence-electron chi connectivity index (χ1n) is 11.3. The average Bonchev–Trinajstić information content (AvgIpc) is 3.12. The van der Waals surface area contributed by atoms with Gasteiger partial charge in [-0.05, 0) is 28.7 Å². The third-order valence-corrected chi connectivity index (χ3v) is 5.79. The number of nitrogens with zero attached hydrogens (tertiary/aromatic N) is 1. The zero-order chi connectivity index (χ0) is 25.6. The molecule has 188 valence electrons. The highest BCUT2D eigenvalue weighted by atomic mass is 19.4. The van der Waals surface area contributed by atoms with Gasteiger partial charge < -0.3 is 20.1 Å². The topological polar surface area (TPSA) is 95.9 Å². The van der Waals surface area contributed by atoms with Gasteiger partial charge in [-0.15, -0.1) is 0 Å². The number of benzene rings is 2. The fourth-order valence-corrected chi connectivity index (χ4v) is 4.26. The number of aliphatic carboxylic acids is 1. The van der Waals surface area contributed by atoms with E-state index in [9.17, 15) is 27.6 Å². The number of alkyl carbamates (subject to hydrolysis) is 1. The van der Waals surface area contributed by atoms with E-state index in [0.717, 1.165) is 22.3 Å². The predicted molar refractivity (Wildman–Crippen MR) is 122 cm³/mol. The number of hydrogen-bond acceptors (Lipinski definition) is 4. The number of carboxylic acids is 1. The molecule has 2 amide bonds. The molecular formula is C25H27F3N2O5. The zero-order valence-electron chi connectivity index (χ0n) is 19.2. The largest absolute Gasteiger partial charge is 0.480 e. The number of carbonyl (C=O) groups excluding carboxylic acids is 2. The maximum Gasteiger partial charge on any atom is 0.407 e. The number of alkyl halides is 3. The smallest absolute Gasteiger partial charge is 0.407 e. The van der Waals surface area contributed by atoms with Crippen molar-refractivity contribution < 1.29 is 37.4 Å². The molecule has 2 aromatic carbocycles. The molecule has 0 aromatic heterocycles. The highest BCUT2D eigenvalue weighted by molar-refractivity contribution is 5.88. The van der Waals surface area contributed by atoms with Crippen LogP contribution in [0.25, 0.3) is 11.1 Å². The van der Waals surface area contributed by atoms with Crippen LogP contribution in [0.3, 0.4) is 0 Å². The molecule has 2 N–H and O–H groups in total. The Balaban J connectivity index is 1.71. The summed E-state index contributed by atoms with van der Waals surface area (Å²) in [4.78, 5) is 36.6. The summed E-state index contributed by atoms with van der Waals surface area (Å²) in [5, 5.41) is 11.3. The quantitative estimate of drug-likeness (QED) is 0.507. The first-order chi connectivity index (χ1) is 16.6. The van der Waals surface area contributed by atoms with Crippen molar-refractivity contribution in [1.82, 2.24) is 10.2 Å². The van der Waals surface area contributed by atoms with Crippen molar-refractivity contribution in [1.29, 1.82) is 0 Å². The van der Waals surface area contributed by atoms with Crippen LogP contribution in [0.15, 0.2) is 48.5 Å². The van der Waals surface area contributed by atoms with E-state index in [2.05, 4.69) is 5.32 Å². The van der Waals surface area contributed by atoms with Crippen LogP contribution in [0.5, 0.6) is 0 Å². The lowest BCUT2D eigenvalue weighted by Crippen LogP contribution is -2.52. The number of halogens is 3. The number of fused-ring (bicyclic) bond motifs is 3. The molecule has 7 nitrogen and oxygen atoms in total. The molecule has 1 aliphatic carbocycles. The van der Waals surface area contributed by atoms with E-state index >= 15 is 0 Å². The number of rotatable bonds is 10. The minimum absolute atomic E-state index is 0.0318. The van der Waals surface area contributed by atoms with Gasteiger partial charge in [0.2, 0.25) is 5.91 Å². The fourth-order valence-electron chi connectivity index (χ4n) is 4.26. The summed E-state index contributed by atoms with van der Waals surface area (Å²) >= 11 is 0. The molecule has 0 spiro atoms. The summed E-state index contributed by atoms with van der Waals surface area (Å²) in [7, 11) is 0. The number of hydrogen-bond donors (Lipinski definition) is 2. The molecule has 0 bridgehead atoms. The van der Waals surface area contributed by atoms with Crippen LogP contribution in [-0.4, -0.2) is 59.9 Å². The average molecular weight is 492 g/mol. The first-order valence-corrected chi connectivity index (χ1v) is 11.3. The van der Waals surface area contributed by atoms with Gasteiger partial charge in [0, 0.05) is 5.92 Å². The van der Waals surface area contributed by atoms with Crippen molar-refractivity contribution in [3.63, 3.8) is 0 Å². The Morgan fingerprint density at radius 3 is 2.14 bits per heavy atom. The second kappa shape index (κ2) is 11.2. The second-order valence-corrected chi connectivity index (χ2v) is 8.37. The van der Waals surface area contributed by atoms with Crippen molar-refractivity contribution in [2.24, 2.45) is 0 Å². The van der Waals surface area contributed by atoms with Gasteiger partial charge in [-0.25, -0.2) is 4.79 Å². The van der Waals surface area contributed by atoms with Gasteiger partial charge in [0.05, 0.1) is 0 Å². The van der Waals surface area contributed by atoms with Crippen LogP contribution in [0, 0.1) is 0 Å². The molecule has 0 saturated carbocycles. The van der Waals surface area contributed by atoms with E-state index in [1.54, 1.807) is 0 Å². The predicted octanol–water partition coefficient (Wildman–Crippen LogP) is 4.56. The molecule has 1 atom stereocenters. The van der Waals surface area contributed by atoms with Crippen LogP contribution in [0.4, 0.5) is 18.0 Å². The van der Waals surface area contributed by atoms with E-state index in [1.807, 2.05) is 55.5 Å². The molecule has 0 unspecified atom stereocenters.